The Kier molecular flexibility index (Phi) is 7.83. The summed E-state index contributed by atoms with van der Waals surface area (Å²) in [6.07, 6.45) is -4.94. The Hall–Kier alpha value is -4.25. The first-order valence-corrected chi connectivity index (χ1v) is 12.6. The van der Waals surface area contributed by atoms with Gasteiger partial charge in [0, 0.05) is 12.3 Å². The molecule has 1 aliphatic rings. The molecular formula is C30H29FN2O7. The molecule has 0 spiro atoms. The van der Waals surface area contributed by atoms with Crippen LogP contribution in [-0.4, -0.2) is 53.9 Å². The van der Waals surface area contributed by atoms with E-state index in [0.29, 0.717) is 11.5 Å². The Balaban J connectivity index is 1.56. The summed E-state index contributed by atoms with van der Waals surface area (Å²) in [6.45, 7) is -0.278. The number of halogens is 1. The van der Waals surface area contributed by atoms with Crippen LogP contribution in [0.15, 0.2) is 101 Å². The molecule has 208 valence electrons. The van der Waals surface area contributed by atoms with Crippen molar-refractivity contribution < 1.29 is 28.4 Å². The quantitative estimate of drug-likeness (QED) is 0.309. The average molecular weight is 549 g/mol. The van der Waals surface area contributed by atoms with E-state index in [1.807, 2.05) is 78.9 Å². The van der Waals surface area contributed by atoms with E-state index in [2.05, 4.69) is 4.98 Å². The van der Waals surface area contributed by atoms with Gasteiger partial charge in [-0.2, -0.15) is 0 Å². The lowest BCUT2D eigenvalue weighted by Crippen LogP contribution is -2.38. The number of nitrogens with one attached hydrogen (secondary N) is 1. The number of alkyl halides is 1. The molecule has 0 radical (unpaired) electrons. The van der Waals surface area contributed by atoms with E-state index in [1.54, 1.807) is 14.2 Å². The van der Waals surface area contributed by atoms with Crippen molar-refractivity contribution in [2.75, 3.05) is 20.8 Å². The number of aromatic nitrogens is 2. The lowest BCUT2D eigenvalue weighted by Gasteiger charge is -2.37. The van der Waals surface area contributed by atoms with Crippen LogP contribution in [0.3, 0.4) is 0 Å². The van der Waals surface area contributed by atoms with Crippen molar-refractivity contribution in [3.05, 3.63) is 129 Å². The largest absolute Gasteiger partial charge is 0.497 e. The monoisotopic (exact) mass is 548 g/mol. The second-order valence-electron chi connectivity index (χ2n) is 9.33. The normalized spacial score (nSPS) is 20.8. The van der Waals surface area contributed by atoms with Gasteiger partial charge < -0.3 is 24.1 Å². The van der Waals surface area contributed by atoms with Gasteiger partial charge in [0.2, 0.25) is 0 Å². The van der Waals surface area contributed by atoms with Gasteiger partial charge in [0.1, 0.15) is 29.3 Å². The fourth-order valence-electron chi connectivity index (χ4n) is 4.98. The van der Waals surface area contributed by atoms with Crippen LogP contribution in [0.25, 0.3) is 0 Å². The van der Waals surface area contributed by atoms with Gasteiger partial charge in [-0.05, 0) is 41.0 Å². The van der Waals surface area contributed by atoms with E-state index in [1.165, 1.54) is 0 Å². The Labute approximate surface area is 229 Å². The number of methoxy groups -OCH3 is 2. The van der Waals surface area contributed by atoms with Crippen molar-refractivity contribution in [3.63, 3.8) is 0 Å². The van der Waals surface area contributed by atoms with E-state index in [0.717, 1.165) is 33.5 Å². The van der Waals surface area contributed by atoms with Gasteiger partial charge in [-0.1, -0.05) is 54.6 Å². The van der Waals surface area contributed by atoms with Gasteiger partial charge in [-0.3, -0.25) is 14.3 Å². The van der Waals surface area contributed by atoms with Crippen molar-refractivity contribution in [2.45, 2.75) is 30.2 Å². The molecule has 0 amide bonds. The van der Waals surface area contributed by atoms with Crippen molar-refractivity contribution >= 4 is 0 Å². The van der Waals surface area contributed by atoms with E-state index in [9.17, 15) is 14.7 Å². The summed E-state index contributed by atoms with van der Waals surface area (Å²) in [5.41, 5.74) is -0.398. The second-order valence-corrected chi connectivity index (χ2v) is 9.33. The minimum Gasteiger partial charge on any atom is -0.497 e. The summed E-state index contributed by atoms with van der Waals surface area (Å²) in [5.74, 6) is 1.31. The first kappa shape index (κ1) is 27.3. The molecule has 40 heavy (non-hydrogen) atoms. The Bertz CT molecular complexity index is 1490. The molecule has 9 nitrogen and oxygen atoms in total. The molecule has 3 aromatic carbocycles. The lowest BCUT2D eigenvalue weighted by molar-refractivity contribution is -0.0914. The summed E-state index contributed by atoms with van der Waals surface area (Å²) in [7, 11) is 3.15. The summed E-state index contributed by atoms with van der Waals surface area (Å²) in [5, 5.41) is 10.6. The number of aliphatic hydroxyl groups is 1. The predicted molar refractivity (Wildman–Crippen MR) is 144 cm³/mol. The Morgan fingerprint density at radius 1 is 0.875 bits per heavy atom. The molecule has 0 saturated carbocycles. The van der Waals surface area contributed by atoms with Crippen molar-refractivity contribution in [2.24, 2.45) is 0 Å². The van der Waals surface area contributed by atoms with Crippen LogP contribution in [0.2, 0.25) is 0 Å². The first-order valence-electron chi connectivity index (χ1n) is 12.6. The van der Waals surface area contributed by atoms with Crippen LogP contribution < -0.4 is 20.7 Å². The number of ether oxygens (including phenoxy) is 4. The van der Waals surface area contributed by atoms with E-state index in [-0.39, 0.29) is 6.61 Å². The molecule has 4 atom stereocenters. The van der Waals surface area contributed by atoms with E-state index in [4.69, 9.17) is 18.9 Å². The molecule has 0 aliphatic carbocycles. The zero-order chi connectivity index (χ0) is 28.3. The molecule has 1 saturated heterocycles. The fraction of sp³-hybridized carbons (Fsp3) is 0.267. The SMILES string of the molecule is COc1ccc(C(OC[C@H]2O[C@@H](n3ccc(=O)[nH]c3=O)[C@H](O)[C@@H]2F)(c2ccccc2)c2ccc(OC)cc2)cc1. The highest BCUT2D eigenvalue weighted by molar-refractivity contribution is 5.49. The topological polar surface area (TPSA) is 112 Å². The van der Waals surface area contributed by atoms with E-state index >= 15 is 4.39 Å². The Morgan fingerprint density at radius 3 is 1.95 bits per heavy atom. The van der Waals surface area contributed by atoms with Gasteiger partial charge in [0.05, 0.1) is 20.8 Å². The standard InChI is InChI=1S/C30H29FN2O7/c1-37-22-12-8-20(9-13-22)30(19-6-4-3-5-7-19,21-10-14-23(38-2)15-11-21)39-18-24-26(31)27(35)28(40-24)33-17-16-25(34)32-29(33)36/h3-17,24,26-28,35H,18H2,1-2H3,(H,32,34,36)/t24-,26-,27-,28-/m1/s1. The number of hydrogen-bond donors (Lipinski definition) is 2. The molecular weight excluding hydrogens is 519 g/mol. The minimum absolute atomic E-state index is 0.278. The first-order chi connectivity index (χ1) is 19.4. The highest BCUT2D eigenvalue weighted by Gasteiger charge is 2.47. The van der Waals surface area contributed by atoms with Crippen LogP contribution in [-0.2, 0) is 15.1 Å². The van der Waals surface area contributed by atoms with Crippen molar-refractivity contribution in [1.82, 2.24) is 9.55 Å². The van der Waals surface area contributed by atoms with Gasteiger partial charge in [-0.25, -0.2) is 9.18 Å². The number of nitrogens with zero attached hydrogens (tertiary/aromatic N) is 1. The van der Waals surface area contributed by atoms with E-state index < -0.39 is 41.5 Å². The number of aliphatic hydroxyl groups excluding tert-OH is 1. The number of hydrogen-bond acceptors (Lipinski definition) is 7. The number of aromatic amines is 1. The molecule has 5 rings (SSSR count). The second kappa shape index (κ2) is 11.5. The number of H-pyrrole nitrogens is 1. The summed E-state index contributed by atoms with van der Waals surface area (Å²) < 4.78 is 39.6. The van der Waals surface area contributed by atoms with Crippen LogP contribution in [0.4, 0.5) is 4.39 Å². The predicted octanol–water partition coefficient (Wildman–Crippen LogP) is 3.16. The maximum Gasteiger partial charge on any atom is 0.330 e. The molecule has 2 N–H and O–H groups in total. The van der Waals surface area contributed by atoms with Gasteiger partial charge in [0.15, 0.2) is 12.4 Å². The third-order valence-corrected chi connectivity index (χ3v) is 7.05. The van der Waals surface area contributed by atoms with Gasteiger partial charge >= 0.3 is 5.69 Å². The van der Waals surface area contributed by atoms with Crippen LogP contribution in [0.5, 0.6) is 11.5 Å². The number of benzene rings is 3. The number of rotatable bonds is 9. The summed E-state index contributed by atoms with van der Waals surface area (Å²) in [4.78, 5) is 25.9. The highest BCUT2D eigenvalue weighted by atomic mass is 19.1. The molecule has 0 unspecified atom stereocenters. The summed E-state index contributed by atoms with van der Waals surface area (Å²) >= 11 is 0. The van der Waals surface area contributed by atoms with Gasteiger partial charge in [-0.15, -0.1) is 0 Å². The van der Waals surface area contributed by atoms with Crippen molar-refractivity contribution in [3.8, 4) is 11.5 Å². The van der Waals surface area contributed by atoms with Crippen LogP contribution in [0.1, 0.15) is 22.9 Å². The fourth-order valence-corrected chi connectivity index (χ4v) is 4.98. The van der Waals surface area contributed by atoms with Crippen LogP contribution in [0, 0.1) is 0 Å². The van der Waals surface area contributed by atoms with Crippen molar-refractivity contribution in [1.29, 1.82) is 0 Å². The molecule has 4 aromatic rings. The zero-order valence-corrected chi connectivity index (χ0v) is 21.9. The highest BCUT2D eigenvalue weighted by Crippen LogP contribution is 2.43. The maximum atomic E-state index is 15.4. The third kappa shape index (κ3) is 5.04. The molecule has 1 aliphatic heterocycles. The summed E-state index contributed by atoms with van der Waals surface area (Å²) in [6, 6.07) is 25.3. The third-order valence-electron chi connectivity index (χ3n) is 7.05. The molecule has 0 bridgehead atoms. The average Bonchev–Trinajstić information content (AvgIpc) is 3.27. The molecule has 2 heterocycles. The van der Waals surface area contributed by atoms with Crippen LogP contribution >= 0.6 is 0 Å². The molecule has 10 heteroatoms. The lowest BCUT2D eigenvalue weighted by atomic mass is 9.80. The Morgan fingerprint density at radius 2 is 1.43 bits per heavy atom. The van der Waals surface area contributed by atoms with Gasteiger partial charge in [0.25, 0.3) is 5.56 Å². The molecule has 1 fully saturated rings. The minimum atomic E-state index is -1.87. The smallest absolute Gasteiger partial charge is 0.330 e. The molecule has 1 aromatic heterocycles. The maximum absolute atomic E-state index is 15.4. The zero-order valence-electron chi connectivity index (χ0n) is 21.9.